The van der Waals surface area contributed by atoms with Gasteiger partial charge in [-0.1, -0.05) is 11.6 Å². The van der Waals surface area contributed by atoms with Gasteiger partial charge in [0.15, 0.2) is 0 Å². The van der Waals surface area contributed by atoms with Crippen LogP contribution in [0.25, 0.3) is 21.8 Å². The third kappa shape index (κ3) is 1.24. The van der Waals surface area contributed by atoms with Crippen LogP contribution in [0.4, 0.5) is 0 Å². The van der Waals surface area contributed by atoms with Crippen LogP contribution in [0.5, 0.6) is 0 Å². The third-order valence-electron chi connectivity index (χ3n) is 2.30. The molecule has 4 heteroatoms. The second-order valence-electron chi connectivity index (χ2n) is 3.20. The molecule has 3 heterocycles. The van der Waals surface area contributed by atoms with Crippen LogP contribution in [0.1, 0.15) is 0 Å². The smallest absolute Gasteiger partial charge is 0.139 e. The molecule has 0 saturated heterocycles. The van der Waals surface area contributed by atoms with Gasteiger partial charge in [0, 0.05) is 29.4 Å². The highest BCUT2D eigenvalue weighted by Crippen LogP contribution is 2.26. The molecule has 0 aliphatic rings. The van der Waals surface area contributed by atoms with Gasteiger partial charge in [0.25, 0.3) is 0 Å². The molecule has 0 aromatic carbocycles. The van der Waals surface area contributed by atoms with Crippen LogP contribution in [-0.2, 0) is 0 Å². The molecule has 0 aliphatic carbocycles. The second-order valence-corrected chi connectivity index (χ2v) is 3.55. The molecule has 0 fully saturated rings. The Morgan fingerprint density at radius 1 is 1.07 bits per heavy atom. The van der Waals surface area contributed by atoms with Gasteiger partial charge in [0.2, 0.25) is 0 Å². The zero-order valence-electron chi connectivity index (χ0n) is 7.68. The van der Waals surface area contributed by atoms with Crippen molar-refractivity contribution in [1.82, 2.24) is 15.0 Å². The van der Waals surface area contributed by atoms with Crippen molar-refractivity contribution < 1.29 is 0 Å². The van der Waals surface area contributed by atoms with E-state index in [-0.39, 0.29) is 0 Å². The summed E-state index contributed by atoms with van der Waals surface area (Å²) in [5.41, 5.74) is 1.67. The van der Waals surface area contributed by atoms with Gasteiger partial charge in [-0.15, -0.1) is 0 Å². The molecule has 3 rings (SSSR count). The average molecular weight is 216 g/mol. The van der Waals surface area contributed by atoms with E-state index in [4.69, 9.17) is 11.6 Å². The van der Waals surface area contributed by atoms with Gasteiger partial charge in [-0.3, -0.25) is 9.97 Å². The van der Waals surface area contributed by atoms with Crippen molar-refractivity contribution in [3.05, 3.63) is 41.9 Å². The Balaban J connectivity index is 2.64. The first-order valence-electron chi connectivity index (χ1n) is 4.50. The fourth-order valence-corrected chi connectivity index (χ4v) is 1.87. The lowest BCUT2D eigenvalue weighted by atomic mass is 10.2. The molecule has 72 valence electrons. The zero-order valence-corrected chi connectivity index (χ0v) is 8.44. The Bertz CT molecular complexity index is 651. The monoisotopic (exact) mass is 215 g/mol. The fraction of sp³-hybridized carbons (Fsp3) is 0. The molecule has 0 radical (unpaired) electrons. The van der Waals surface area contributed by atoms with Crippen LogP contribution in [-0.4, -0.2) is 15.0 Å². The Labute approximate surface area is 90.8 Å². The number of fused-ring (bicyclic) bond motifs is 3. The summed E-state index contributed by atoms with van der Waals surface area (Å²) >= 11 is 6.06. The molecule has 0 amide bonds. The molecule has 0 N–H and O–H groups in total. The number of halogens is 1. The van der Waals surface area contributed by atoms with E-state index in [0.717, 1.165) is 21.8 Å². The van der Waals surface area contributed by atoms with E-state index >= 15 is 0 Å². The van der Waals surface area contributed by atoms with E-state index in [2.05, 4.69) is 15.0 Å². The minimum atomic E-state index is 0.471. The molecule has 3 aromatic rings. The van der Waals surface area contributed by atoms with Gasteiger partial charge >= 0.3 is 0 Å². The minimum absolute atomic E-state index is 0.471. The van der Waals surface area contributed by atoms with Crippen molar-refractivity contribution in [2.45, 2.75) is 0 Å². The predicted octanol–water partition coefficient (Wildman–Crippen LogP) is 2.83. The van der Waals surface area contributed by atoms with Crippen LogP contribution in [0.2, 0.25) is 5.15 Å². The topological polar surface area (TPSA) is 38.7 Å². The van der Waals surface area contributed by atoms with E-state index < -0.39 is 0 Å². The third-order valence-corrected chi connectivity index (χ3v) is 2.59. The molecule has 0 unspecified atom stereocenters. The van der Waals surface area contributed by atoms with Gasteiger partial charge in [-0.25, -0.2) is 4.98 Å². The molecule has 0 saturated carbocycles. The molecule has 0 atom stereocenters. The van der Waals surface area contributed by atoms with Crippen molar-refractivity contribution >= 4 is 33.4 Å². The number of hydrogen-bond acceptors (Lipinski definition) is 3. The maximum atomic E-state index is 6.06. The van der Waals surface area contributed by atoms with E-state index in [0.29, 0.717) is 5.15 Å². The quantitative estimate of drug-likeness (QED) is 0.428. The molecular weight excluding hydrogens is 210 g/mol. The highest BCUT2D eigenvalue weighted by molar-refractivity contribution is 6.35. The standard InChI is InChI=1S/C11H6ClN3/c12-11-8-6-13-5-3-7(8)10-9(15-11)2-1-4-14-10/h1-6H. The maximum Gasteiger partial charge on any atom is 0.139 e. The summed E-state index contributed by atoms with van der Waals surface area (Å²) in [6.45, 7) is 0. The van der Waals surface area contributed by atoms with Crippen molar-refractivity contribution in [2.24, 2.45) is 0 Å². The average Bonchev–Trinajstić information content (AvgIpc) is 2.30. The summed E-state index contributed by atoms with van der Waals surface area (Å²) in [6, 6.07) is 5.64. The largest absolute Gasteiger partial charge is 0.264 e. The Hall–Kier alpha value is -1.74. The first kappa shape index (κ1) is 8.56. The fourth-order valence-electron chi connectivity index (χ4n) is 1.63. The SMILES string of the molecule is Clc1nc2cccnc2c2ccncc12. The van der Waals surface area contributed by atoms with Gasteiger partial charge in [-0.05, 0) is 18.2 Å². The van der Waals surface area contributed by atoms with Crippen molar-refractivity contribution in [2.75, 3.05) is 0 Å². The predicted molar refractivity (Wildman–Crippen MR) is 59.8 cm³/mol. The second kappa shape index (κ2) is 3.14. The number of pyridine rings is 3. The Kier molecular flexibility index (Phi) is 1.79. The molecule has 15 heavy (non-hydrogen) atoms. The van der Waals surface area contributed by atoms with Crippen LogP contribution in [0.15, 0.2) is 36.8 Å². The Morgan fingerprint density at radius 2 is 2.00 bits per heavy atom. The lowest BCUT2D eigenvalue weighted by Gasteiger charge is -2.02. The molecular formula is C11H6ClN3. The normalized spacial score (nSPS) is 11.0. The van der Waals surface area contributed by atoms with Gasteiger partial charge in [0.05, 0.1) is 11.0 Å². The van der Waals surface area contributed by atoms with Gasteiger partial charge < -0.3 is 0 Å². The lowest BCUT2D eigenvalue weighted by Crippen LogP contribution is -1.87. The van der Waals surface area contributed by atoms with Crippen LogP contribution < -0.4 is 0 Å². The number of hydrogen-bond donors (Lipinski definition) is 0. The molecule has 0 spiro atoms. The minimum Gasteiger partial charge on any atom is -0.264 e. The zero-order chi connectivity index (χ0) is 10.3. The van der Waals surface area contributed by atoms with Crippen LogP contribution in [0.3, 0.4) is 0 Å². The van der Waals surface area contributed by atoms with E-state index in [1.165, 1.54) is 0 Å². The van der Waals surface area contributed by atoms with Crippen LogP contribution >= 0.6 is 11.6 Å². The maximum absolute atomic E-state index is 6.06. The summed E-state index contributed by atoms with van der Waals surface area (Å²) < 4.78 is 0. The highest BCUT2D eigenvalue weighted by atomic mass is 35.5. The van der Waals surface area contributed by atoms with Gasteiger partial charge in [-0.2, -0.15) is 0 Å². The van der Waals surface area contributed by atoms with Gasteiger partial charge in [0.1, 0.15) is 5.15 Å². The lowest BCUT2D eigenvalue weighted by molar-refractivity contribution is 1.32. The van der Waals surface area contributed by atoms with Crippen LogP contribution in [0, 0.1) is 0 Å². The molecule has 3 nitrogen and oxygen atoms in total. The van der Waals surface area contributed by atoms with E-state index in [1.54, 1.807) is 18.6 Å². The Morgan fingerprint density at radius 3 is 2.93 bits per heavy atom. The molecule has 0 bridgehead atoms. The summed E-state index contributed by atoms with van der Waals surface area (Å²) in [4.78, 5) is 12.6. The first-order valence-corrected chi connectivity index (χ1v) is 4.88. The summed E-state index contributed by atoms with van der Waals surface area (Å²) in [5.74, 6) is 0. The van der Waals surface area contributed by atoms with Crippen molar-refractivity contribution in [3.8, 4) is 0 Å². The number of rotatable bonds is 0. The van der Waals surface area contributed by atoms with Crippen molar-refractivity contribution in [1.29, 1.82) is 0 Å². The van der Waals surface area contributed by atoms with E-state index in [9.17, 15) is 0 Å². The number of nitrogens with zero attached hydrogens (tertiary/aromatic N) is 3. The number of aromatic nitrogens is 3. The first-order chi connectivity index (χ1) is 7.36. The summed E-state index contributed by atoms with van der Waals surface area (Å²) in [7, 11) is 0. The van der Waals surface area contributed by atoms with Crippen molar-refractivity contribution in [3.63, 3.8) is 0 Å². The van der Waals surface area contributed by atoms with E-state index in [1.807, 2.05) is 18.2 Å². The molecule has 3 aromatic heterocycles. The summed E-state index contributed by atoms with van der Waals surface area (Å²) in [6.07, 6.45) is 5.18. The molecule has 0 aliphatic heterocycles. The highest BCUT2D eigenvalue weighted by Gasteiger charge is 2.06. The summed E-state index contributed by atoms with van der Waals surface area (Å²) in [5, 5.41) is 2.30.